The zero-order valence-corrected chi connectivity index (χ0v) is 15.9. The number of carbonyl (C=O) groups is 1. The first-order chi connectivity index (χ1) is 12.3. The highest BCUT2D eigenvalue weighted by Gasteiger charge is 2.40. The van der Waals surface area contributed by atoms with Crippen LogP contribution >= 0.6 is 11.6 Å². The summed E-state index contributed by atoms with van der Waals surface area (Å²) in [7, 11) is -3.98. The Morgan fingerprint density at radius 1 is 1.35 bits per heavy atom. The van der Waals surface area contributed by atoms with Crippen LogP contribution < -0.4 is 0 Å². The summed E-state index contributed by atoms with van der Waals surface area (Å²) >= 11 is 5.66. The predicted octanol–water partition coefficient (Wildman–Crippen LogP) is 4.59. The molecular weight excluding hydrogens is 377 g/mol. The largest absolute Gasteiger partial charge is 0.294 e. The molecule has 1 aliphatic carbocycles. The van der Waals surface area contributed by atoms with Crippen LogP contribution in [0.25, 0.3) is 10.9 Å². The van der Waals surface area contributed by atoms with Crippen molar-refractivity contribution in [3.8, 4) is 0 Å². The number of ketones is 1. The van der Waals surface area contributed by atoms with Gasteiger partial charge in [0.15, 0.2) is 5.78 Å². The van der Waals surface area contributed by atoms with Crippen molar-refractivity contribution in [3.63, 3.8) is 0 Å². The normalized spacial score (nSPS) is 20.3. The number of hydrogen-bond acceptors (Lipinski definition) is 3. The van der Waals surface area contributed by atoms with E-state index >= 15 is 0 Å². The van der Waals surface area contributed by atoms with E-state index in [2.05, 4.69) is 0 Å². The Morgan fingerprint density at radius 3 is 2.77 bits per heavy atom. The Labute approximate surface area is 157 Å². The highest BCUT2D eigenvalue weighted by atomic mass is 35.5. The average Bonchev–Trinajstić information content (AvgIpc) is 3.00. The highest BCUT2D eigenvalue weighted by molar-refractivity contribution is 7.91. The Hall–Kier alpha value is -1.92. The van der Waals surface area contributed by atoms with Crippen molar-refractivity contribution >= 4 is 38.3 Å². The minimum atomic E-state index is -3.98. The summed E-state index contributed by atoms with van der Waals surface area (Å²) in [5.74, 6) is -0.389. The lowest BCUT2D eigenvalue weighted by Gasteiger charge is -2.27. The standard InChI is InChI=1S/C19H19ClFNO3S/c1-19(10-4-6-14(21)12-19)26(24,25)22-13-16(18(23)9-5-11-20)15-7-2-3-8-17(15)22/h2-4,6-8,12-13H,5,9-11H2,1H3. The van der Waals surface area contributed by atoms with E-state index in [1.165, 1.54) is 25.3 Å². The van der Waals surface area contributed by atoms with Gasteiger partial charge >= 0.3 is 0 Å². The second kappa shape index (κ2) is 7.00. The van der Waals surface area contributed by atoms with Crippen molar-refractivity contribution in [1.29, 1.82) is 0 Å². The topological polar surface area (TPSA) is 56.1 Å². The molecule has 1 aromatic carbocycles. The first-order valence-corrected chi connectivity index (χ1v) is 10.3. The maximum Gasteiger partial charge on any atom is 0.248 e. The number of halogens is 2. The SMILES string of the molecule is CC1(S(=O)(=O)n2cc(C(=O)CCCCl)c3ccccc32)C=C(F)C=CC1. The number of Topliss-reactive ketones (excluding diaryl/α,β-unsaturated/α-hetero) is 1. The maximum atomic E-state index is 13.7. The van der Waals surface area contributed by atoms with Gasteiger partial charge in [-0.15, -0.1) is 11.6 Å². The van der Waals surface area contributed by atoms with Crippen LogP contribution in [0.4, 0.5) is 4.39 Å². The highest BCUT2D eigenvalue weighted by Crippen LogP contribution is 2.34. The van der Waals surface area contributed by atoms with Crippen LogP contribution in [0, 0.1) is 0 Å². The van der Waals surface area contributed by atoms with Crippen LogP contribution in [0.3, 0.4) is 0 Å². The van der Waals surface area contributed by atoms with Crippen LogP contribution in [-0.4, -0.2) is 28.8 Å². The van der Waals surface area contributed by atoms with Gasteiger partial charge in [0.2, 0.25) is 10.0 Å². The summed E-state index contributed by atoms with van der Waals surface area (Å²) in [4.78, 5) is 12.5. The van der Waals surface area contributed by atoms with E-state index in [9.17, 15) is 17.6 Å². The molecule has 1 atom stereocenters. The summed E-state index contributed by atoms with van der Waals surface area (Å²) < 4.78 is 40.0. The monoisotopic (exact) mass is 395 g/mol. The van der Waals surface area contributed by atoms with E-state index in [0.29, 0.717) is 28.8 Å². The Balaban J connectivity index is 2.17. The maximum absolute atomic E-state index is 13.7. The van der Waals surface area contributed by atoms with Gasteiger partial charge in [-0.05, 0) is 38.0 Å². The molecule has 0 fully saturated rings. The van der Waals surface area contributed by atoms with Crippen LogP contribution in [0.15, 0.2) is 54.5 Å². The number of carbonyl (C=O) groups excluding carboxylic acids is 1. The molecule has 0 saturated heterocycles. The predicted molar refractivity (Wildman–Crippen MR) is 102 cm³/mol. The van der Waals surface area contributed by atoms with Crippen molar-refractivity contribution in [2.24, 2.45) is 0 Å². The van der Waals surface area contributed by atoms with E-state index in [0.717, 1.165) is 10.0 Å². The van der Waals surface area contributed by atoms with Crippen molar-refractivity contribution in [2.45, 2.75) is 30.9 Å². The Kier molecular flexibility index (Phi) is 5.08. The van der Waals surface area contributed by atoms with E-state index in [-0.39, 0.29) is 18.6 Å². The molecule has 0 aliphatic heterocycles. The number of rotatable bonds is 6. The lowest BCUT2D eigenvalue weighted by molar-refractivity contribution is 0.0983. The minimum absolute atomic E-state index is 0.158. The van der Waals surface area contributed by atoms with Crippen LogP contribution in [-0.2, 0) is 10.0 Å². The fourth-order valence-corrected chi connectivity index (χ4v) is 4.96. The van der Waals surface area contributed by atoms with Gasteiger partial charge in [-0.25, -0.2) is 16.8 Å². The lowest BCUT2D eigenvalue weighted by atomic mass is 10.0. The Morgan fingerprint density at radius 2 is 2.08 bits per heavy atom. The smallest absolute Gasteiger partial charge is 0.248 e. The molecule has 0 saturated carbocycles. The number of benzene rings is 1. The average molecular weight is 396 g/mol. The molecule has 26 heavy (non-hydrogen) atoms. The molecule has 7 heteroatoms. The van der Waals surface area contributed by atoms with Crippen LogP contribution in [0.5, 0.6) is 0 Å². The van der Waals surface area contributed by atoms with Crippen LogP contribution in [0.2, 0.25) is 0 Å². The molecule has 0 N–H and O–H groups in total. The van der Waals surface area contributed by atoms with Crippen molar-refractivity contribution < 1.29 is 17.6 Å². The van der Waals surface area contributed by atoms with Crippen molar-refractivity contribution in [2.75, 3.05) is 5.88 Å². The fraction of sp³-hybridized carbons (Fsp3) is 0.316. The fourth-order valence-electron chi connectivity index (χ4n) is 3.14. The Bertz CT molecular complexity index is 1020. The van der Waals surface area contributed by atoms with Crippen molar-refractivity contribution in [3.05, 3.63) is 60.1 Å². The number of nitrogens with zero attached hydrogens (tertiary/aromatic N) is 1. The molecule has 1 unspecified atom stereocenters. The van der Waals surface area contributed by atoms with Gasteiger partial charge in [-0.2, -0.15) is 0 Å². The van der Waals surface area contributed by atoms with Gasteiger partial charge in [0.1, 0.15) is 10.6 Å². The molecule has 1 aliphatic rings. The van der Waals surface area contributed by atoms with Crippen LogP contribution in [0.1, 0.15) is 36.5 Å². The van der Waals surface area contributed by atoms with E-state index in [1.807, 2.05) is 0 Å². The van der Waals surface area contributed by atoms with Gasteiger partial charge in [0.05, 0.1) is 5.52 Å². The summed E-state index contributed by atoms with van der Waals surface area (Å²) in [6.07, 6.45) is 6.15. The van der Waals surface area contributed by atoms with Gasteiger partial charge < -0.3 is 0 Å². The third kappa shape index (κ3) is 3.12. The lowest BCUT2D eigenvalue weighted by Crippen LogP contribution is -2.38. The zero-order chi connectivity index (χ0) is 18.9. The van der Waals surface area contributed by atoms with Gasteiger partial charge in [-0.1, -0.05) is 24.3 Å². The van der Waals surface area contributed by atoms with E-state index in [1.54, 1.807) is 24.3 Å². The van der Waals surface area contributed by atoms with Crippen molar-refractivity contribution in [1.82, 2.24) is 3.97 Å². The molecular formula is C19H19ClFNO3S. The summed E-state index contributed by atoms with van der Waals surface area (Å²) in [5, 5.41) is 0.565. The molecule has 0 amide bonds. The van der Waals surface area contributed by atoms with E-state index in [4.69, 9.17) is 11.6 Å². The summed E-state index contributed by atoms with van der Waals surface area (Å²) in [6, 6.07) is 6.82. The molecule has 2 aromatic rings. The number of aromatic nitrogens is 1. The van der Waals surface area contributed by atoms with Gasteiger partial charge in [-0.3, -0.25) is 4.79 Å². The molecule has 0 bridgehead atoms. The molecule has 3 rings (SSSR count). The molecule has 1 heterocycles. The number of allylic oxidation sites excluding steroid dienone is 3. The molecule has 4 nitrogen and oxygen atoms in total. The number of hydrogen-bond donors (Lipinski definition) is 0. The number of alkyl halides is 1. The summed E-state index contributed by atoms with van der Waals surface area (Å²) in [5.41, 5.74) is 0.750. The van der Waals surface area contributed by atoms with Gasteiger partial charge in [0, 0.05) is 29.4 Å². The number of para-hydroxylation sites is 1. The third-order valence-corrected chi connectivity index (χ3v) is 7.16. The zero-order valence-electron chi connectivity index (χ0n) is 14.3. The molecule has 1 aromatic heterocycles. The second-order valence-electron chi connectivity index (χ2n) is 6.52. The molecule has 0 radical (unpaired) electrons. The minimum Gasteiger partial charge on any atom is -0.294 e. The molecule has 138 valence electrons. The molecule has 0 spiro atoms. The number of fused-ring (bicyclic) bond motifs is 1. The van der Waals surface area contributed by atoms with Gasteiger partial charge in [0.25, 0.3) is 0 Å². The van der Waals surface area contributed by atoms with E-state index < -0.39 is 20.6 Å². The first-order valence-electron chi connectivity index (χ1n) is 8.29. The second-order valence-corrected chi connectivity index (χ2v) is 9.18. The quantitative estimate of drug-likeness (QED) is 0.530. The first kappa shape index (κ1) is 18.9. The summed E-state index contributed by atoms with van der Waals surface area (Å²) in [6.45, 7) is 1.48. The third-order valence-electron chi connectivity index (χ3n) is 4.61.